The van der Waals surface area contributed by atoms with Crippen molar-refractivity contribution in [2.24, 2.45) is 0 Å². The Kier molecular flexibility index (Phi) is 5.76. The van der Waals surface area contributed by atoms with E-state index in [4.69, 9.17) is 18.9 Å². The van der Waals surface area contributed by atoms with E-state index in [0.29, 0.717) is 17.0 Å². The number of ether oxygens (including phenoxy) is 4. The van der Waals surface area contributed by atoms with E-state index < -0.39 is 11.9 Å². The molecule has 0 amide bonds. The summed E-state index contributed by atoms with van der Waals surface area (Å²) < 4.78 is 20.3. The van der Waals surface area contributed by atoms with Crippen molar-refractivity contribution in [2.75, 3.05) is 39.6 Å². The zero-order valence-electron chi connectivity index (χ0n) is 14.5. The Morgan fingerprint density at radius 1 is 1.08 bits per heavy atom. The van der Waals surface area contributed by atoms with Crippen LogP contribution in [-0.4, -0.2) is 52.4 Å². The van der Waals surface area contributed by atoms with Gasteiger partial charge in [0.1, 0.15) is 18.2 Å². The first-order valence-corrected chi connectivity index (χ1v) is 7.38. The Labute approximate surface area is 144 Å². The van der Waals surface area contributed by atoms with Crippen molar-refractivity contribution in [1.82, 2.24) is 0 Å². The molecule has 8 heteroatoms. The van der Waals surface area contributed by atoms with Crippen LogP contribution in [0.2, 0.25) is 0 Å². The van der Waals surface area contributed by atoms with Crippen LogP contribution in [-0.2, 0) is 23.8 Å². The molecule has 0 aliphatic carbocycles. The summed E-state index contributed by atoms with van der Waals surface area (Å²) in [6.45, 7) is 1.31. The minimum atomic E-state index is -0.723. The highest BCUT2D eigenvalue weighted by atomic mass is 16.5. The number of nitrogens with zero attached hydrogens (tertiary/aromatic N) is 1. The van der Waals surface area contributed by atoms with E-state index in [9.17, 15) is 14.4 Å². The number of carbonyl (C=O) groups is 3. The predicted octanol–water partition coefficient (Wildman–Crippen LogP) is 1.29. The lowest BCUT2D eigenvalue weighted by Gasteiger charge is -2.32. The van der Waals surface area contributed by atoms with Gasteiger partial charge in [-0.3, -0.25) is 4.79 Å². The Balaban J connectivity index is 2.66. The van der Waals surface area contributed by atoms with Gasteiger partial charge in [0, 0.05) is 5.56 Å². The molecule has 1 aliphatic heterocycles. The molecule has 0 atom stereocenters. The average Bonchev–Trinajstić information content (AvgIpc) is 2.65. The Hall–Kier alpha value is -2.87. The van der Waals surface area contributed by atoms with E-state index in [2.05, 4.69) is 0 Å². The first-order valence-electron chi connectivity index (χ1n) is 7.38. The highest BCUT2D eigenvalue weighted by molar-refractivity contribution is 6.04. The van der Waals surface area contributed by atoms with Gasteiger partial charge in [-0.1, -0.05) is 0 Å². The van der Waals surface area contributed by atoms with Gasteiger partial charge in [0.2, 0.25) is 0 Å². The molecule has 0 aromatic heterocycles. The van der Waals surface area contributed by atoms with Crippen LogP contribution in [0.4, 0.5) is 5.69 Å². The second-order valence-corrected chi connectivity index (χ2v) is 5.16. The molecule has 0 radical (unpaired) electrons. The van der Waals surface area contributed by atoms with Gasteiger partial charge in [-0.05, 0) is 25.1 Å². The smallest absolute Gasteiger partial charge is 0.355 e. The van der Waals surface area contributed by atoms with Gasteiger partial charge >= 0.3 is 11.9 Å². The summed E-state index contributed by atoms with van der Waals surface area (Å²) in [7, 11) is 3.88. The lowest BCUT2D eigenvalue weighted by molar-refractivity contribution is -0.140. The number of benzene rings is 1. The van der Waals surface area contributed by atoms with Crippen LogP contribution in [0.25, 0.3) is 0 Å². The summed E-state index contributed by atoms with van der Waals surface area (Å²) in [5, 5.41) is 0. The number of anilines is 1. The van der Waals surface area contributed by atoms with Crippen molar-refractivity contribution in [2.45, 2.75) is 6.92 Å². The largest absolute Gasteiger partial charge is 0.495 e. The van der Waals surface area contributed by atoms with Crippen molar-refractivity contribution >= 4 is 23.4 Å². The standard InChI is InChI=1S/C17H19NO7/c1-10(19)11-5-6-14(22-2)13(7-11)18-9-25-8-12(16(20)23-3)15(18)17(21)24-4/h5-7H,8-9H2,1-4H3. The molecule has 1 aliphatic rings. The third-order valence-corrected chi connectivity index (χ3v) is 3.71. The zero-order chi connectivity index (χ0) is 18.6. The minimum absolute atomic E-state index is 0.0143. The Morgan fingerprint density at radius 2 is 1.76 bits per heavy atom. The zero-order valence-corrected chi connectivity index (χ0v) is 14.5. The van der Waals surface area contributed by atoms with Crippen LogP contribution >= 0.6 is 0 Å². The maximum Gasteiger partial charge on any atom is 0.355 e. The van der Waals surface area contributed by atoms with E-state index in [1.54, 1.807) is 18.2 Å². The third kappa shape index (κ3) is 3.63. The normalized spacial score (nSPS) is 14.2. The molecule has 2 rings (SSSR count). The van der Waals surface area contributed by atoms with Crippen LogP contribution in [0, 0.1) is 0 Å². The van der Waals surface area contributed by atoms with E-state index >= 15 is 0 Å². The topological polar surface area (TPSA) is 91.4 Å². The second-order valence-electron chi connectivity index (χ2n) is 5.16. The summed E-state index contributed by atoms with van der Waals surface area (Å²) >= 11 is 0. The molecule has 134 valence electrons. The van der Waals surface area contributed by atoms with Crippen molar-refractivity contribution in [1.29, 1.82) is 0 Å². The number of esters is 2. The number of hydrogen-bond donors (Lipinski definition) is 0. The number of methoxy groups -OCH3 is 3. The fourth-order valence-corrected chi connectivity index (χ4v) is 2.45. The average molecular weight is 349 g/mol. The van der Waals surface area contributed by atoms with Gasteiger partial charge < -0.3 is 23.8 Å². The summed E-state index contributed by atoms with van der Waals surface area (Å²) in [6.07, 6.45) is 0. The summed E-state index contributed by atoms with van der Waals surface area (Å²) in [6, 6.07) is 4.78. The number of ketones is 1. The molecule has 0 N–H and O–H groups in total. The third-order valence-electron chi connectivity index (χ3n) is 3.71. The predicted molar refractivity (Wildman–Crippen MR) is 87.4 cm³/mol. The van der Waals surface area contributed by atoms with Crippen LogP contribution in [0.15, 0.2) is 29.5 Å². The van der Waals surface area contributed by atoms with E-state index in [-0.39, 0.29) is 30.4 Å². The molecule has 0 spiro atoms. The molecule has 1 aromatic rings. The maximum absolute atomic E-state index is 12.3. The van der Waals surface area contributed by atoms with Gasteiger partial charge in [-0.25, -0.2) is 9.59 Å². The van der Waals surface area contributed by atoms with Gasteiger partial charge in [0.15, 0.2) is 5.78 Å². The van der Waals surface area contributed by atoms with Crippen molar-refractivity contribution < 1.29 is 33.3 Å². The van der Waals surface area contributed by atoms with Crippen LogP contribution in [0.1, 0.15) is 17.3 Å². The Bertz CT molecular complexity index is 739. The van der Waals surface area contributed by atoms with Crippen LogP contribution in [0.5, 0.6) is 5.75 Å². The van der Waals surface area contributed by atoms with Crippen molar-refractivity contribution in [3.63, 3.8) is 0 Å². The summed E-state index contributed by atoms with van der Waals surface area (Å²) in [5.41, 5.74) is 0.831. The first kappa shape index (κ1) is 18.5. The van der Waals surface area contributed by atoms with E-state index in [1.165, 1.54) is 33.2 Å². The SMILES string of the molecule is COC(=O)C1=C(C(=O)OC)N(c2cc(C(C)=O)ccc2OC)COC1. The highest BCUT2D eigenvalue weighted by Gasteiger charge is 2.33. The summed E-state index contributed by atoms with van der Waals surface area (Å²) in [4.78, 5) is 37.5. The molecule has 0 saturated heterocycles. The van der Waals surface area contributed by atoms with Crippen LogP contribution in [0.3, 0.4) is 0 Å². The van der Waals surface area contributed by atoms with Gasteiger partial charge in [-0.15, -0.1) is 0 Å². The number of Topliss-reactive ketones (excluding diaryl/α,β-unsaturated/α-hetero) is 1. The molecule has 1 aromatic carbocycles. The maximum atomic E-state index is 12.3. The molecule has 0 bridgehead atoms. The molecule has 8 nitrogen and oxygen atoms in total. The van der Waals surface area contributed by atoms with Crippen molar-refractivity contribution in [3.8, 4) is 5.75 Å². The van der Waals surface area contributed by atoms with Crippen molar-refractivity contribution in [3.05, 3.63) is 35.0 Å². The fourth-order valence-electron chi connectivity index (χ4n) is 2.45. The lowest BCUT2D eigenvalue weighted by atomic mass is 10.1. The lowest BCUT2D eigenvalue weighted by Crippen LogP contribution is -2.39. The van der Waals surface area contributed by atoms with E-state index in [0.717, 1.165) is 0 Å². The molecule has 0 unspecified atom stereocenters. The Morgan fingerprint density at radius 3 is 2.32 bits per heavy atom. The first-order chi connectivity index (χ1) is 11.9. The van der Waals surface area contributed by atoms with Crippen LogP contribution < -0.4 is 9.64 Å². The molecule has 1 heterocycles. The van der Waals surface area contributed by atoms with E-state index in [1.807, 2.05) is 0 Å². The molecule has 0 saturated carbocycles. The molecular weight excluding hydrogens is 330 g/mol. The number of carbonyl (C=O) groups excluding carboxylic acids is 3. The second kappa shape index (κ2) is 7.80. The molecule has 0 fully saturated rings. The highest BCUT2D eigenvalue weighted by Crippen LogP contribution is 2.35. The van der Waals surface area contributed by atoms with Gasteiger partial charge in [-0.2, -0.15) is 0 Å². The number of hydrogen-bond acceptors (Lipinski definition) is 8. The van der Waals surface area contributed by atoms with Gasteiger partial charge in [0.25, 0.3) is 0 Å². The quantitative estimate of drug-likeness (QED) is 0.580. The number of rotatable bonds is 5. The summed E-state index contributed by atoms with van der Waals surface area (Å²) in [5.74, 6) is -1.18. The monoisotopic (exact) mass is 349 g/mol. The molecule has 25 heavy (non-hydrogen) atoms. The minimum Gasteiger partial charge on any atom is -0.495 e. The fraction of sp³-hybridized carbons (Fsp3) is 0.353. The molecular formula is C17H19NO7. The van der Waals surface area contributed by atoms with Gasteiger partial charge in [0.05, 0.1) is 39.2 Å².